The molecular weight excluding hydrogens is 336 g/mol. The van der Waals surface area contributed by atoms with Gasteiger partial charge in [0.1, 0.15) is 0 Å². The molecule has 120 valence electrons. The lowest BCUT2D eigenvalue weighted by atomic mass is 10.1. The smallest absolute Gasteiger partial charge is 0.221 e. The zero-order valence-electron chi connectivity index (χ0n) is 12.6. The molecule has 2 heterocycles. The second kappa shape index (κ2) is 5.92. The highest BCUT2D eigenvalue weighted by Gasteiger charge is 2.26. The van der Waals surface area contributed by atoms with Crippen LogP contribution in [-0.2, 0) is 10.0 Å². The summed E-state index contributed by atoms with van der Waals surface area (Å²) in [5.41, 5.74) is 1.49. The van der Waals surface area contributed by atoms with Crippen molar-refractivity contribution < 1.29 is 8.42 Å². The van der Waals surface area contributed by atoms with Crippen molar-refractivity contribution in [1.82, 2.24) is 19.1 Å². The van der Waals surface area contributed by atoms with E-state index in [-0.39, 0.29) is 10.9 Å². The summed E-state index contributed by atoms with van der Waals surface area (Å²) in [7, 11) is -2.07. The third kappa shape index (κ3) is 2.95. The normalized spacial score (nSPS) is 13.6. The molecule has 0 spiro atoms. The number of benzene rings is 1. The molecule has 0 aliphatic carbocycles. The molecule has 1 atom stereocenters. The van der Waals surface area contributed by atoms with Crippen LogP contribution in [0.1, 0.15) is 18.5 Å². The number of fused-ring (bicyclic) bond motifs is 1. The van der Waals surface area contributed by atoms with Gasteiger partial charge < -0.3 is 0 Å². The Morgan fingerprint density at radius 2 is 1.91 bits per heavy atom. The van der Waals surface area contributed by atoms with Crippen LogP contribution in [0.15, 0.2) is 53.7 Å². The molecule has 23 heavy (non-hydrogen) atoms. The Morgan fingerprint density at radius 1 is 1.22 bits per heavy atom. The molecule has 0 fully saturated rings. The van der Waals surface area contributed by atoms with E-state index in [0.29, 0.717) is 10.5 Å². The van der Waals surface area contributed by atoms with Gasteiger partial charge in [0.15, 0.2) is 0 Å². The predicted molar refractivity (Wildman–Crippen MR) is 87.8 cm³/mol. The van der Waals surface area contributed by atoms with Gasteiger partial charge in [0.05, 0.1) is 16.6 Å². The lowest BCUT2D eigenvalue weighted by molar-refractivity contribution is 0.398. The molecule has 1 aromatic carbocycles. The Hall–Kier alpha value is -1.96. The van der Waals surface area contributed by atoms with Crippen LogP contribution in [0, 0.1) is 0 Å². The molecule has 0 radical (unpaired) electrons. The van der Waals surface area contributed by atoms with Crippen LogP contribution in [0.25, 0.3) is 5.52 Å². The van der Waals surface area contributed by atoms with Crippen LogP contribution >= 0.6 is 11.6 Å². The molecule has 6 nitrogen and oxygen atoms in total. The highest BCUT2D eigenvalue weighted by molar-refractivity contribution is 7.89. The summed E-state index contributed by atoms with van der Waals surface area (Å²) < 4.78 is 28.5. The zero-order valence-corrected chi connectivity index (χ0v) is 14.2. The van der Waals surface area contributed by atoms with Crippen molar-refractivity contribution in [1.29, 1.82) is 0 Å². The first-order chi connectivity index (χ1) is 10.9. The third-order valence-corrected chi connectivity index (χ3v) is 6.02. The van der Waals surface area contributed by atoms with Gasteiger partial charge in [0.25, 0.3) is 0 Å². The molecular formula is C15H15ClN4O2S. The molecule has 0 aliphatic heterocycles. The average Bonchev–Trinajstić information content (AvgIpc) is 3.01. The van der Waals surface area contributed by atoms with Gasteiger partial charge in [0, 0.05) is 24.3 Å². The monoisotopic (exact) mass is 350 g/mol. The largest absolute Gasteiger partial charge is 0.243 e. The molecule has 8 heteroatoms. The zero-order chi connectivity index (χ0) is 16.6. The van der Waals surface area contributed by atoms with Crippen molar-refractivity contribution in [3.8, 4) is 0 Å². The molecule has 0 N–H and O–H groups in total. The third-order valence-electron chi connectivity index (χ3n) is 3.85. The van der Waals surface area contributed by atoms with Crippen LogP contribution in [0.5, 0.6) is 0 Å². The topological polar surface area (TPSA) is 67.6 Å². The van der Waals surface area contributed by atoms with E-state index in [4.69, 9.17) is 11.6 Å². The Morgan fingerprint density at radius 3 is 2.61 bits per heavy atom. The van der Waals surface area contributed by atoms with Gasteiger partial charge in [-0.3, -0.25) is 0 Å². The first-order valence-corrected chi connectivity index (χ1v) is 8.75. The summed E-state index contributed by atoms with van der Waals surface area (Å²) in [4.78, 5) is 0.204. The lowest BCUT2D eigenvalue weighted by Crippen LogP contribution is -2.29. The lowest BCUT2D eigenvalue weighted by Gasteiger charge is -2.24. The van der Waals surface area contributed by atoms with Crippen LogP contribution in [0.4, 0.5) is 0 Å². The number of aromatic nitrogens is 3. The minimum Gasteiger partial charge on any atom is -0.221 e. The van der Waals surface area contributed by atoms with Crippen LogP contribution in [0.2, 0.25) is 5.02 Å². The van der Waals surface area contributed by atoms with Crippen LogP contribution in [-0.4, -0.2) is 34.6 Å². The average molecular weight is 351 g/mol. The first kappa shape index (κ1) is 15.9. The Balaban J connectivity index is 1.95. The quantitative estimate of drug-likeness (QED) is 0.725. The number of hydrogen-bond acceptors (Lipinski definition) is 4. The van der Waals surface area contributed by atoms with Crippen molar-refractivity contribution in [2.75, 3.05) is 7.05 Å². The standard InChI is InChI=1S/C15H15ClN4O2S/c1-11(12-3-5-13(16)6-4-12)19(2)23(21,22)15-7-8-20-14(9-15)10-17-18-20/h3-11H,1-2H3/t11-/m0/s1. The van der Waals surface area contributed by atoms with Gasteiger partial charge in [-0.25, -0.2) is 12.9 Å². The Bertz CT molecular complexity index is 938. The Kier molecular flexibility index (Phi) is 4.09. The van der Waals surface area contributed by atoms with Gasteiger partial charge in [-0.05, 0) is 36.8 Å². The first-order valence-electron chi connectivity index (χ1n) is 6.93. The van der Waals surface area contributed by atoms with Crippen molar-refractivity contribution in [3.63, 3.8) is 0 Å². The number of rotatable bonds is 4. The van der Waals surface area contributed by atoms with Crippen LogP contribution in [0.3, 0.4) is 0 Å². The molecule has 0 bridgehead atoms. The molecule has 0 aliphatic rings. The van der Waals surface area contributed by atoms with E-state index in [2.05, 4.69) is 10.3 Å². The van der Waals surface area contributed by atoms with E-state index < -0.39 is 10.0 Å². The fourth-order valence-corrected chi connectivity index (χ4v) is 3.79. The molecule has 0 amide bonds. The van der Waals surface area contributed by atoms with E-state index in [0.717, 1.165) is 5.56 Å². The number of nitrogens with zero attached hydrogens (tertiary/aromatic N) is 4. The fraction of sp³-hybridized carbons (Fsp3) is 0.200. The molecule has 3 aromatic rings. The maximum Gasteiger partial charge on any atom is 0.243 e. The maximum absolute atomic E-state index is 12.8. The van der Waals surface area contributed by atoms with Gasteiger partial charge in [-0.1, -0.05) is 28.9 Å². The van der Waals surface area contributed by atoms with E-state index in [9.17, 15) is 8.42 Å². The highest BCUT2D eigenvalue weighted by Crippen LogP contribution is 2.26. The number of sulfonamides is 1. The van der Waals surface area contributed by atoms with E-state index >= 15 is 0 Å². The minimum absolute atomic E-state index is 0.204. The van der Waals surface area contributed by atoms with Gasteiger partial charge >= 0.3 is 0 Å². The second-order valence-electron chi connectivity index (χ2n) is 5.21. The number of halogens is 1. The summed E-state index contributed by atoms with van der Waals surface area (Å²) >= 11 is 5.88. The maximum atomic E-state index is 12.8. The summed E-state index contributed by atoms with van der Waals surface area (Å²) in [5, 5.41) is 8.19. The minimum atomic E-state index is -3.63. The Labute approximate surface area is 139 Å². The van der Waals surface area contributed by atoms with Gasteiger partial charge in [-0.15, -0.1) is 5.10 Å². The second-order valence-corrected chi connectivity index (χ2v) is 7.65. The van der Waals surface area contributed by atoms with Gasteiger partial charge in [-0.2, -0.15) is 4.31 Å². The predicted octanol–water partition coefficient (Wildman–Crippen LogP) is 2.76. The summed E-state index contributed by atoms with van der Waals surface area (Å²) in [5.74, 6) is 0. The van der Waals surface area contributed by atoms with Crippen molar-refractivity contribution in [3.05, 3.63) is 59.4 Å². The fourth-order valence-electron chi connectivity index (χ4n) is 2.29. The summed E-state index contributed by atoms with van der Waals surface area (Å²) in [6.45, 7) is 1.83. The number of pyridine rings is 1. The van der Waals surface area contributed by atoms with Crippen molar-refractivity contribution in [2.24, 2.45) is 0 Å². The SMILES string of the molecule is C[C@@H](c1ccc(Cl)cc1)N(C)S(=O)(=O)c1ccn2nncc2c1. The molecule has 0 saturated carbocycles. The van der Waals surface area contributed by atoms with E-state index in [1.165, 1.54) is 21.1 Å². The molecule has 0 saturated heterocycles. The highest BCUT2D eigenvalue weighted by atomic mass is 35.5. The number of hydrogen-bond donors (Lipinski definition) is 0. The van der Waals surface area contributed by atoms with E-state index in [1.807, 2.05) is 19.1 Å². The van der Waals surface area contributed by atoms with Crippen LogP contribution < -0.4 is 0 Å². The van der Waals surface area contributed by atoms with Crippen molar-refractivity contribution in [2.45, 2.75) is 17.9 Å². The summed E-state index contributed by atoms with van der Waals surface area (Å²) in [6, 6.07) is 9.89. The molecule has 3 rings (SSSR count). The molecule has 0 unspecified atom stereocenters. The van der Waals surface area contributed by atoms with Crippen molar-refractivity contribution >= 4 is 27.1 Å². The van der Waals surface area contributed by atoms with Gasteiger partial charge in [0.2, 0.25) is 10.0 Å². The van der Waals surface area contributed by atoms with E-state index in [1.54, 1.807) is 31.4 Å². The molecule has 2 aromatic heterocycles. The summed E-state index contributed by atoms with van der Waals surface area (Å²) in [6.07, 6.45) is 3.09.